The molecule has 1 aliphatic rings. The van der Waals surface area contributed by atoms with E-state index in [1.54, 1.807) is 11.3 Å². The van der Waals surface area contributed by atoms with Crippen LogP contribution in [-0.2, 0) is 6.42 Å². The zero-order valence-electron chi connectivity index (χ0n) is 8.89. The van der Waals surface area contributed by atoms with Crippen molar-refractivity contribution in [2.45, 2.75) is 26.2 Å². The monoisotopic (exact) mass is 209 g/mol. The Morgan fingerprint density at radius 3 is 2.64 bits per heavy atom. The summed E-state index contributed by atoms with van der Waals surface area (Å²) in [5.41, 5.74) is 2.30. The molecule has 1 aromatic heterocycles. The van der Waals surface area contributed by atoms with Gasteiger partial charge in [0.15, 0.2) is 5.78 Å². The van der Waals surface area contributed by atoms with E-state index < -0.39 is 0 Å². The standard InChI is InChI=1S/C11H15NOS/c1-7-8-5-4-6-9(13)10(8)11(14-7)12(2)3/h4-6H2,1-3H3. The lowest BCUT2D eigenvalue weighted by molar-refractivity contribution is 0.0973. The number of aryl methyl sites for hydroxylation is 1. The highest BCUT2D eigenvalue weighted by Gasteiger charge is 2.25. The van der Waals surface area contributed by atoms with E-state index in [-0.39, 0.29) is 0 Å². The van der Waals surface area contributed by atoms with Gasteiger partial charge in [-0.25, -0.2) is 0 Å². The SMILES string of the molecule is Cc1sc(N(C)C)c2c1CCCC2=O. The molecule has 1 heterocycles. The van der Waals surface area contributed by atoms with Crippen molar-refractivity contribution in [1.29, 1.82) is 0 Å². The van der Waals surface area contributed by atoms with Gasteiger partial charge in [0.05, 0.1) is 5.56 Å². The van der Waals surface area contributed by atoms with Gasteiger partial charge in [0.2, 0.25) is 0 Å². The zero-order chi connectivity index (χ0) is 10.3. The summed E-state index contributed by atoms with van der Waals surface area (Å²) in [5.74, 6) is 0.333. The van der Waals surface area contributed by atoms with Crippen LogP contribution in [0.2, 0.25) is 0 Å². The Kier molecular flexibility index (Phi) is 2.35. The summed E-state index contributed by atoms with van der Waals surface area (Å²) < 4.78 is 0. The summed E-state index contributed by atoms with van der Waals surface area (Å²) in [6, 6.07) is 0. The van der Waals surface area contributed by atoms with E-state index >= 15 is 0 Å². The first kappa shape index (κ1) is 9.71. The smallest absolute Gasteiger partial charge is 0.166 e. The fraction of sp³-hybridized carbons (Fsp3) is 0.545. The van der Waals surface area contributed by atoms with Gasteiger partial charge in [-0.05, 0) is 25.3 Å². The first-order chi connectivity index (χ1) is 6.61. The van der Waals surface area contributed by atoms with Gasteiger partial charge in [-0.2, -0.15) is 0 Å². The van der Waals surface area contributed by atoms with E-state index in [2.05, 4.69) is 11.8 Å². The fourth-order valence-electron chi connectivity index (χ4n) is 2.02. The van der Waals surface area contributed by atoms with Crippen molar-refractivity contribution in [2.24, 2.45) is 0 Å². The zero-order valence-corrected chi connectivity index (χ0v) is 9.70. The second kappa shape index (κ2) is 3.39. The number of carbonyl (C=O) groups excluding carboxylic acids is 1. The van der Waals surface area contributed by atoms with Crippen molar-refractivity contribution in [3.63, 3.8) is 0 Å². The molecule has 0 fully saturated rings. The lowest BCUT2D eigenvalue weighted by Crippen LogP contribution is -2.15. The van der Waals surface area contributed by atoms with Crippen LogP contribution in [0.1, 0.15) is 33.6 Å². The summed E-state index contributed by atoms with van der Waals surface area (Å²) in [7, 11) is 4.01. The van der Waals surface area contributed by atoms with Crippen LogP contribution in [0.4, 0.5) is 5.00 Å². The van der Waals surface area contributed by atoms with Crippen molar-refractivity contribution < 1.29 is 4.79 Å². The Labute approximate surface area is 88.5 Å². The third-order valence-corrected chi connectivity index (χ3v) is 4.02. The van der Waals surface area contributed by atoms with Crippen molar-refractivity contribution in [2.75, 3.05) is 19.0 Å². The summed E-state index contributed by atoms with van der Waals surface area (Å²) in [4.78, 5) is 15.2. The molecule has 0 saturated carbocycles. The van der Waals surface area contributed by atoms with Gasteiger partial charge >= 0.3 is 0 Å². The second-order valence-corrected chi connectivity index (χ2v) is 5.19. The van der Waals surface area contributed by atoms with Gasteiger partial charge in [-0.3, -0.25) is 4.79 Å². The van der Waals surface area contributed by atoms with Crippen molar-refractivity contribution >= 4 is 22.1 Å². The Morgan fingerprint density at radius 1 is 1.29 bits per heavy atom. The van der Waals surface area contributed by atoms with Crippen molar-refractivity contribution in [1.82, 2.24) is 0 Å². The molecule has 0 radical (unpaired) electrons. The van der Waals surface area contributed by atoms with Gasteiger partial charge in [0, 0.05) is 25.4 Å². The van der Waals surface area contributed by atoms with E-state index in [0.29, 0.717) is 5.78 Å². The number of hydrogen-bond donors (Lipinski definition) is 0. The minimum atomic E-state index is 0.333. The number of anilines is 1. The number of nitrogens with zero attached hydrogens (tertiary/aromatic N) is 1. The minimum absolute atomic E-state index is 0.333. The Bertz CT molecular complexity index is 379. The van der Waals surface area contributed by atoms with Crippen molar-refractivity contribution in [3.05, 3.63) is 16.0 Å². The molecule has 0 atom stereocenters. The molecule has 0 saturated heterocycles. The van der Waals surface area contributed by atoms with Crippen molar-refractivity contribution in [3.8, 4) is 0 Å². The molecule has 14 heavy (non-hydrogen) atoms. The molecule has 0 aliphatic heterocycles. The summed E-state index contributed by atoms with van der Waals surface area (Å²) in [5, 5.41) is 1.14. The largest absolute Gasteiger partial charge is 0.369 e. The first-order valence-electron chi connectivity index (χ1n) is 4.94. The molecule has 3 heteroatoms. The highest BCUT2D eigenvalue weighted by atomic mass is 32.1. The highest BCUT2D eigenvalue weighted by molar-refractivity contribution is 7.16. The maximum Gasteiger partial charge on any atom is 0.166 e. The molecule has 2 rings (SSSR count). The van der Waals surface area contributed by atoms with Gasteiger partial charge in [0.25, 0.3) is 0 Å². The number of hydrogen-bond acceptors (Lipinski definition) is 3. The molecular formula is C11H15NOS. The summed E-state index contributed by atoms with van der Waals surface area (Å²) >= 11 is 1.75. The second-order valence-electron chi connectivity index (χ2n) is 3.99. The topological polar surface area (TPSA) is 20.3 Å². The summed E-state index contributed by atoms with van der Waals surface area (Å²) in [6.45, 7) is 2.12. The average molecular weight is 209 g/mol. The van der Waals surface area contributed by atoms with E-state index in [4.69, 9.17) is 0 Å². The predicted octanol–water partition coefficient (Wildman–Crippen LogP) is 2.64. The lowest BCUT2D eigenvalue weighted by Gasteiger charge is -2.16. The van der Waals surface area contributed by atoms with Crippen LogP contribution in [0.5, 0.6) is 0 Å². The number of ketones is 1. The number of thiophene rings is 1. The maximum absolute atomic E-state index is 11.8. The van der Waals surface area contributed by atoms with Crippen LogP contribution in [0.3, 0.4) is 0 Å². The van der Waals surface area contributed by atoms with E-state index in [0.717, 1.165) is 29.8 Å². The maximum atomic E-state index is 11.8. The Balaban J connectivity index is 2.59. The Morgan fingerprint density at radius 2 is 2.00 bits per heavy atom. The molecule has 76 valence electrons. The van der Waals surface area contributed by atoms with Crippen LogP contribution < -0.4 is 4.90 Å². The molecule has 0 aromatic carbocycles. The number of carbonyl (C=O) groups is 1. The third-order valence-electron chi connectivity index (χ3n) is 2.71. The third kappa shape index (κ3) is 1.36. The molecule has 0 N–H and O–H groups in total. The molecule has 1 aliphatic carbocycles. The highest BCUT2D eigenvalue weighted by Crippen LogP contribution is 2.38. The number of rotatable bonds is 1. The van der Waals surface area contributed by atoms with Crippen LogP contribution in [0.15, 0.2) is 0 Å². The van der Waals surface area contributed by atoms with Crippen LogP contribution >= 0.6 is 11.3 Å². The van der Waals surface area contributed by atoms with Gasteiger partial charge in [-0.1, -0.05) is 0 Å². The lowest BCUT2D eigenvalue weighted by atomic mass is 9.92. The number of Topliss-reactive ketones (excluding diaryl/α,β-unsaturated/α-hetero) is 1. The predicted molar refractivity (Wildman–Crippen MR) is 60.7 cm³/mol. The molecule has 0 spiro atoms. The fourth-order valence-corrected chi connectivity index (χ4v) is 3.16. The summed E-state index contributed by atoms with van der Waals surface area (Å²) in [6.07, 6.45) is 2.83. The van der Waals surface area contributed by atoms with E-state index in [1.807, 2.05) is 14.1 Å². The van der Waals surface area contributed by atoms with Gasteiger partial charge < -0.3 is 4.90 Å². The van der Waals surface area contributed by atoms with Crippen LogP contribution in [0.25, 0.3) is 0 Å². The quantitative estimate of drug-likeness (QED) is 0.708. The molecular weight excluding hydrogens is 194 g/mol. The van der Waals surface area contributed by atoms with Crippen LogP contribution in [-0.4, -0.2) is 19.9 Å². The molecule has 0 bridgehead atoms. The van der Waals surface area contributed by atoms with Gasteiger partial charge in [-0.15, -0.1) is 11.3 Å². The molecule has 2 nitrogen and oxygen atoms in total. The van der Waals surface area contributed by atoms with E-state index in [1.165, 1.54) is 10.4 Å². The molecule has 0 amide bonds. The van der Waals surface area contributed by atoms with Crippen LogP contribution in [0, 0.1) is 6.92 Å². The van der Waals surface area contributed by atoms with E-state index in [9.17, 15) is 4.79 Å². The molecule has 0 unspecified atom stereocenters. The normalized spacial score (nSPS) is 15.5. The first-order valence-corrected chi connectivity index (χ1v) is 5.75. The Hall–Kier alpha value is -0.830. The molecule has 1 aromatic rings. The number of fused-ring (bicyclic) bond motifs is 1. The minimum Gasteiger partial charge on any atom is -0.369 e. The van der Waals surface area contributed by atoms with Gasteiger partial charge in [0.1, 0.15) is 5.00 Å². The average Bonchev–Trinajstić information content (AvgIpc) is 2.46.